The topological polar surface area (TPSA) is 34.4 Å². The Morgan fingerprint density at radius 3 is 3.05 bits per heavy atom. The lowest BCUT2D eigenvalue weighted by atomic mass is 10.00. The number of hydrogen-bond donors (Lipinski definition) is 1. The number of halogens is 1. The molecule has 1 aromatic carbocycles. The van der Waals surface area contributed by atoms with Crippen molar-refractivity contribution in [1.29, 1.82) is 0 Å². The minimum atomic E-state index is -0.0226. The smallest absolute Gasteiger partial charge is 0.127 e. The van der Waals surface area contributed by atoms with E-state index in [9.17, 15) is 0 Å². The highest BCUT2D eigenvalue weighted by Gasteiger charge is 2.25. The average Bonchev–Trinajstić information content (AvgIpc) is 3.05. The Morgan fingerprint density at radius 1 is 1.42 bits per heavy atom. The third kappa shape index (κ3) is 2.36. The first kappa shape index (κ1) is 12.6. The maximum absolute atomic E-state index is 6.22. The van der Waals surface area contributed by atoms with Crippen LogP contribution in [0, 0.1) is 0 Å². The van der Waals surface area contributed by atoms with Crippen LogP contribution < -0.4 is 10.1 Å². The summed E-state index contributed by atoms with van der Waals surface area (Å²) in [6.07, 6.45) is 2.60. The molecule has 1 N–H and O–H groups in total. The standard InChI is InChI=1S/C15H16ClNO2/c1-2-17-14(13-4-3-6-18-13)12-9-11(16)8-10-5-7-19-15(10)12/h3-4,6,8-9,14,17H,2,5,7H2,1H3. The Balaban J connectivity index is 2.08. The van der Waals surface area contributed by atoms with Gasteiger partial charge < -0.3 is 14.5 Å². The summed E-state index contributed by atoms with van der Waals surface area (Å²) < 4.78 is 11.3. The number of rotatable bonds is 4. The molecule has 0 radical (unpaired) electrons. The summed E-state index contributed by atoms with van der Waals surface area (Å²) in [5.74, 6) is 1.83. The van der Waals surface area contributed by atoms with Crippen molar-refractivity contribution in [1.82, 2.24) is 5.32 Å². The quantitative estimate of drug-likeness (QED) is 0.928. The summed E-state index contributed by atoms with van der Waals surface area (Å²) in [5, 5.41) is 4.17. The molecule has 3 rings (SSSR count). The maximum Gasteiger partial charge on any atom is 0.127 e. The fraction of sp³-hybridized carbons (Fsp3) is 0.333. The molecule has 3 nitrogen and oxygen atoms in total. The lowest BCUT2D eigenvalue weighted by Gasteiger charge is -2.19. The molecule has 1 unspecified atom stereocenters. The van der Waals surface area contributed by atoms with Crippen molar-refractivity contribution in [3.63, 3.8) is 0 Å². The Bertz CT molecular complexity index is 566. The van der Waals surface area contributed by atoms with Gasteiger partial charge in [-0.2, -0.15) is 0 Å². The largest absolute Gasteiger partial charge is 0.493 e. The molecule has 0 saturated heterocycles. The van der Waals surface area contributed by atoms with E-state index in [1.165, 1.54) is 5.56 Å². The summed E-state index contributed by atoms with van der Waals surface area (Å²) in [6, 6.07) is 7.78. The van der Waals surface area contributed by atoms with Crippen molar-refractivity contribution in [2.75, 3.05) is 13.2 Å². The predicted octanol–water partition coefficient (Wildman–Crippen LogP) is 3.57. The van der Waals surface area contributed by atoms with E-state index >= 15 is 0 Å². The second-order valence-electron chi connectivity index (χ2n) is 4.59. The van der Waals surface area contributed by atoms with E-state index in [1.807, 2.05) is 24.3 Å². The molecule has 1 aliphatic rings. The molecule has 1 aliphatic heterocycles. The van der Waals surface area contributed by atoms with Crippen LogP contribution in [-0.2, 0) is 6.42 Å². The summed E-state index contributed by atoms with van der Waals surface area (Å²) in [5.41, 5.74) is 2.23. The van der Waals surface area contributed by atoms with Crippen molar-refractivity contribution < 1.29 is 9.15 Å². The van der Waals surface area contributed by atoms with Crippen molar-refractivity contribution in [2.24, 2.45) is 0 Å². The van der Waals surface area contributed by atoms with Gasteiger partial charge in [0.1, 0.15) is 11.5 Å². The van der Waals surface area contributed by atoms with Gasteiger partial charge in [-0.3, -0.25) is 0 Å². The summed E-state index contributed by atoms with van der Waals surface area (Å²) in [6.45, 7) is 3.63. The van der Waals surface area contributed by atoms with Gasteiger partial charge in [-0.15, -0.1) is 0 Å². The fourth-order valence-corrected chi connectivity index (χ4v) is 2.79. The highest BCUT2D eigenvalue weighted by molar-refractivity contribution is 6.30. The molecule has 2 aromatic rings. The summed E-state index contributed by atoms with van der Waals surface area (Å²) >= 11 is 6.22. The molecule has 0 bridgehead atoms. The van der Waals surface area contributed by atoms with Gasteiger partial charge in [0.2, 0.25) is 0 Å². The molecule has 0 fully saturated rings. The van der Waals surface area contributed by atoms with Crippen LogP contribution in [0.3, 0.4) is 0 Å². The maximum atomic E-state index is 6.22. The first-order valence-corrected chi connectivity index (χ1v) is 6.89. The van der Waals surface area contributed by atoms with E-state index in [-0.39, 0.29) is 6.04 Å². The van der Waals surface area contributed by atoms with Crippen LogP contribution >= 0.6 is 11.6 Å². The second-order valence-corrected chi connectivity index (χ2v) is 5.02. The molecule has 100 valence electrons. The zero-order chi connectivity index (χ0) is 13.2. The molecule has 0 saturated carbocycles. The van der Waals surface area contributed by atoms with Gasteiger partial charge in [0, 0.05) is 17.0 Å². The zero-order valence-corrected chi connectivity index (χ0v) is 11.5. The van der Waals surface area contributed by atoms with Crippen molar-refractivity contribution in [2.45, 2.75) is 19.4 Å². The van der Waals surface area contributed by atoms with Crippen LogP contribution in [0.25, 0.3) is 0 Å². The average molecular weight is 278 g/mol. The molecule has 19 heavy (non-hydrogen) atoms. The molecule has 4 heteroatoms. The van der Waals surface area contributed by atoms with Crippen LogP contribution in [0.4, 0.5) is 0 Å². The molecule has 0 amide bonds. The van der Waals surface area contributed by atoms with Gasteiger partial charge in [-0.25, -0.2) is 0 Å². The molecule has 0 spiro atoms. The minimum absolute atomic E-state index is 0.0226. The molecule has 0 aliphatic carbocycles. The number of fused-ring (bicyclic) bond motifs is 1. The van der Waals surface area contributed by atoms with E-state index in [0.29, 0.717) is 0 Å². The summed E-state index contributed by atoms with van der Waals surface area (Å²) in [4.78, 5) is 0. The number of benzene rings is 1. The normalized spacial score (nSPS) is 15.1. The third-order valence-corrected chi connectivity index (χ3v) is 3.54. The Hall–Kier alpha value is -1.45. The number of furan rings is 1. The van der Waals surface area contributed by atoms with Gasteiger partial charge in [0.25, 0.3) is 0 Å². The zero-order valence-electron chi connectivity index (χ0n) is 10.8. The third-order valence-electron chi connectivity index (χ3n) is 3.32. The van der Waals surface area contributed by atoms with Gasteiger partial charge in [0.15, 0.2) is 0 Å². The monoisotopic (exact) mass is 277 g/mol. The van der Waals surface area contributed by atoms with Crippen molar-refractivity contribution in [3.05, 3.63) is 52.4 Å². The second kappa shape index (κ2) is 5.27. The van der Waals surface area contributed by atoms with E-state index in [4.69, 9.17) is 20.8 Å². The Labute approximate surface area is 117 Å². The van der Waals surface area contributed by atoms with Gasteiger partial charge in [-0.1, -0.05) is 18.5 Å². The molecule has 1 atom stereocenters. The Kier molecular flexibility index (Phi) is 3.49. The number of nitrogens with one attached hydrogen (secondary N) is 1. The number of hydrogen-bond acceptors (Lipinski definition) is 3. The molecule has 2 heterocycles. The lowest BCUT2D eigenvalue weighted by Crippen LogP contribution is -2.22. The predicted molar refractivity (Wildman–Crippen MR) is 74.9 cm³/mol. The van der Waals surface area contributed by atoms with Crippen LogP contribution in [0.5, 0.6) is 5.75 Å². The van der Waals surface area contributed by atoms with Crippen molar-refractivity contribution in [3.8, 4) is 5.75 Å². The van der Waals surface area contributed by atoms with Gasteiger partial charge >= 0.3 is 0 Å². The first-order valence-electron chi connectivity index (χ1n) is 6.51. The first-order chi connectivity index (χ1) is 9.29. The lowest BCUT2D eigenvalue weighted by molar-refractivity contribution is 0.347. The Morgan fingerprint density at radius 2 is 2.32 bits per heavy atom. The number of ether oxygens (including phenoxy) is 1. The van der Waals surface area contributed by atoms with E-state index in [1.54, 1.807) is 6.26 Å². The molecular formula is C15H16ClNO2. The SMILES string of the molecule is CCNC(c1ccco1)c1cc(Cl)cc2c1OCC2. The van der Waals surface area contributed by atoms with E-state index in [2.05, 4.69) is 12.2 Å². The van der Waals surface area contributed by atoms with Gasteiger partial charge in [0.05, 0.1) is 18.9 Å². The molecule has 1 aromatic heterocycles. The van der Waals surface area contributed by atoms with Crippen molar-refractivity contribution >= 4 is 11.6 Å². The van der Waals surface area contributed by atoms with Gasteiger partial charge in [-0.05, 0) is 36.4 Å². The highest BCUT2D eigenvalue weighted by atomic mass is 35.5. The van der Waals surface area contributed by atoms with Crippen LogP contribution in [-0.4, -0.2) is 13.2 Å². The van der Waals surface area contributed by atoms with Crippen LogP contribution in [0.1, 0.15) is 29.9 Å². The van der Waals surface area contributed by atoms with Crippen LogP contribution in [0.15, 0.2) is 34.9 Å². The van der Waals surface area contributed by atoms with Crippen LogP contribution in [0.2, 0.25) is 5.02 Å². The minimum Gasteiger partial charge on any atom is -0.493 e. The molecular weight excluding hydrogens is 262 g/mol. The summed E-state index contributed by atoms with van der Waals surface area (Å²) in [7, 11) is 0. The van der Waals surface area contributed by atoms with E-state index < -0.39 is 0 Å². The highest BCUT2D eigenvalue weighted by Crippen LogP contribution is 2.38. The van der Waals surface area contributed by atoms with E-state index in [0.717, 1.165) is 41.7 Å². The fourth-order valence-electron chi connectivity index (χ4n) is 2.54.